The van der Waals surface area contributed by atoms with E-state index in [2.05, 4.69) is 0 Å². The Morgan fingerprint density at radius 1 is 1.03 bits per heavy atom. The van der Waals surface area contributed by atoms with Gasteiger partial charge >= 0.3 is 0 Å². The van der Waals surface area contributed by atoms with Gasteiger partial charge in [-0.25, -0.2) is 8.42 Å². The number of rotatable bonds is 5. The van der Waals surface area contributed by atoms with Gasteiger partial charge in [0.2, 0.25) is 21.8 Å². The van der Waals surface area contributed by atoms with E-state index in [9.17, 15) is 18.0 Å². The van der Waals surface area contributed by atoms with Crippen LogP contribution in [0.25, 0.3) is 0 Å². The molecule has 3 heterocycles. The van der Waals surface area contributed by atoms with Crippen LogP contribution in [0.2, 0.25) is 0 Å². The van der Waals surface area contributed by atoms with Crippen molar-refractivity contribution in [1.82, 2.24) is 4.31 Å². The van der Waals surface area contributed by atoms with E-state index in [0.717, 1.165) is 47.5 Å². The van der Waals surface area contributed by atoms with Crippen LogP contribution in [-0.2, 0) is 26.0 Å². The van der Waals surface area contributed by atoms with Gasteiger partial charge in [0.15, 0.2) is 0 Å². The first-order valence-electron chi connectivity index (χ1n) is 11.8. The lowest BCUT2D eigenvalue weighted by Gasteiger charge is -2.32. The molecular formula is C25H29N3O4S2. The minimum atomic E-state index is -3.50. The Hall–Kier alpha value is -2.36. The first-order chi connectivity index (χ1) is 16.4. The fourth-order valence-electron chi connectivity index (χ4n) is 5.16. The van der Waals surface area contributed by atoms with Crippen molar-refractivity contribution in [2.24, 2.45) is 5.92 Å². The molecule has 0 radical (unpaired) electrons. The smallest absolute Gasteiger partial charge is 0.243 e. The summed E-state index contributed by atoms with van der Waals surface area (Å²) >= 11 is 1.62. The molecule has 0 aliphatic carbocycles. The Kier molecular flexibility index (Phi) is 6.43. The first kappa shape index (κ1) is 23.4. The van der Waals surface area contributed by atoms with E-state index in [4.69, 9.17) is 0 Å². The number of carbonyl (C=O) groups excluding carboxylic acids is 2. The highest BCUT2D eigenvalue weighted by Crippen LogP contribution is 2.34. The van der Waals surface area contributed by atoms with Crippen molar-refractivity contribution in [1.29, 1.82) is 0 Å². The summed E-state index contributed by atoms with van der Waals surface area (Å²) in [6, 6.07) is 12.9. The van der Waals surface area contributed by atoms with E-state index < -0.39 is 15.9 Å². The maximum absolute atomic E-state index is 13.5. The maximum atomic E-state index is 13.5. The van der Waals surface area contributed by atoms with Crippen LogP contribution < -0.4 is 9.80 Å². The summed E-state index contributed by atoms with van der Waals surface area (Å²) in [5.74, 6) is -0.516. The zero-order valence-electron chi connectivity index (χ0n) is 19.3. The molecule has 0 spiro atoms. The van der Waals surface area contributed by atoms with Gasteiger partial charge in [-0.15, -0.1) is 11.8 Å². The molecule has 34 heavy (non-hydrogen) atoms. The lowest BCUT2D eigenvalue weighted by atomic mass is 9.99. The quantitative estimate of drug-likeness (QED) is 0.589. The Balaban J connectivity index is 1.36. The lowest BCUT2D eigenvalue weighted by molar-refractivity contribution is -0.124. The number of fused-ring (bicyclic) bond motifs is 1. The SMILES string of the molecule is CSc1cccc(N2CC(C(=O)N3CCCc4cc(S(=O)(=O)N5CCCC5)ccc43)CC2=O)c1. The number of nitrogens with zero attached hydrogens (tertiary/aromatic N) is 3. The minimum absolute atomic E-state index is 0.0408. The fraction of sp³-hybridized carbons (Fsp3) is 0.440. The number of carbonyl (C=O) groups is 2. The molecule has 0 aromatic heterocycles. The topological polar surface area (TPSA) is 78.0 Å². The molecule has 1 atom stereocenters. The minimum Gasteiger partial charge on any atom is -0.312 e. The number of hydrogen-bond donors (Lipinski definition) is 0. The summed E-state index contributed by atoms with van der Waals surface area (Å²) in [6.07, 6.45) is 5.48. The van der Waals surface area contributed by atoms with Gasteiger partial charge in [-0.05, 0) is 73.9 Å². The standard InChI is InChI=1S/C25H29N3O4S2/c1-33-21-8-4-7-20(16-21)28-17-19(15-24(28)29)25(30)27-13-5-6-18-14-22(9-10-23(18)27)34(31,32)26-11-2-3-12-26/h4,7-10,14,16,19H,2-3,5-6,11-13,15,17H2,1H3. The van der Waals surface area contributed by atoms with Crippen LogP contribution in [0.5, 0.6) is 0 Å². The van der Waals surface area contributed by atoms with Crippen molar-refractivity contribution in [2.45, 2.75) is 41.9 Å². The maximum Gasteiger partial charge on any atom is 0.243 e. The number of amides is 2. The van der Waals surface area contributed by atoms with Gasteiger partial charge in [-0.1, -0.05) is 6.07 Å². The summed E-state index contributed by atoms with van der Waals surface area (Å²) < 4.78 is 27.5. The van der Waals surface area contributed by atoms with Crippen molar-refractivity contribution >= 4 is 45.0 Å². The number of sulfonamides is 1. The molecule has 0 bridgehead atoms. The number of thioether (sulfide) groups is 1. The summed E-state index contributed by atoms with van der Waals surface area (Å²) in [7, 11) is -3.50. The average Bonchev–Trinajstić information content (AvgIpc) is 3.53. The molecule has 9 heteroatoms. The van der Waals surface area contributed by atoms with E-state index in [1.807, 2.05) is 30.5 Å². The number of anilines is 2. The second-order valence-electron chi connectivity index (χ2n) is 9.10. The Bertz CT molecular complexity index is 1220. The molecule has 5 rings (SSSR count). The third kappa shape index (κ3) is 4.25. The van der Waals surface area contributed by atoms with Crippen LogP contribution in [0.3, 0.4) is 0 Å². The second kappa shape index (κ2) is 9.36. The van der Waals surface area contributed by atoms with Crippen molar-refractivity contribution in [3.05, 3.63) is 48.0 Å². The zero-order valence-corrected chi connectivity index (χ0v) is 20.9. The van der Waals surface area contributed by atoms with E-state index >= 15 is 0 Å². The fourth-order valence-corrected chi connectivity index (χ4v) is 7.18. The van der Waals surface area contributed by atoms with Gasteiger partial charge in [0.1, 0.15) is 0 Å². The molecule has 7 nitrogen and oxygen atoms in total. The molecule has 2 saturated heterocycles. The van der Waals surface area contributed by atoms with E-state index in [1.54, 1.807) is 44.1 Å². The van der Waals surface area contributed by atoms with Gasteiger partial charge in [-0.3, -0.25) is 9.59 Å². The number of benzene rings is 2. The summed E-state index contributed by atoms with van der Waals surface area (Å²) in [4.78, 5) is 31.1. The van der Waals surface area contributed by atoms with E-state index in [1.165, 1.54) is 0 Å². The second-order valence-corrected chi connectivity index (χ2v) is 11.9. The van der Waals surface area contributed by atoms with Crippen LogP contribution in [0.1, 0.15) is 31.2 Å². The van der Waals surface area contributed by atoms with Crippen LogP contribution in [0.4, 0.5) is 11.4 Å². The molecule has 0 saturated carbocycles. The van der Waals surface area contributed by atoms with Crippen molar-refractivity contribution < 1.29 is 18.0 Å². The number of hydrogen-bond acceptors (Lipinski definition) is 5. The van der Waals surface area contributed by atoms with Gasteiger partial charge in [-0.2, -0.15) is 4.31 Å². The summed E-state index contributed by atoms with van der Waals surface area (Å²) in [5.41, 5.74) is 2.48. The monoisotopic (exact) mass is 499 g/mol. The molecule has 2 aromatic rings. The molecule has 3 aliphatic heterocycles. The predicted molar refractivity (Wildman–Crippen MR) is 134 cm³/mol. The van der Waals surface area contributed by atoms with Crippen LogP contribution in [0, 0.1) is 5.92 Å². The van der Waals surface area contributed by atoms with Crippen LogP contribution >= 0.6 is 11.8 Å². The molecule has 0 N–H and O–H groups in total. The molecule has 3 aliphatic rings. The first-order valence-corrected chi connectivity index (χ1v) is 14.4. The van der Waals surface area contributed by atoms with E-state index in [-0.39, 0.29) is 18.2 Å². The Labute approximate surface area is 205 Å². The largest absolute Gasteiger partial charge is 0.312 e. The molecule has 2 aromatic carbocycles. The number of aryl methyl sites for hydroxylation is 1. The highest BCUT2D eigenvalue weighted by molar-refractivity contribution is 7.98. The van der Waals surface area contributed by atoms with Crippen molar-refractivity contribution in [3.63, 3.8) is 0 Å². The van der Waals surface area contributed by atoms with Gasteiger partial charge < -0.3 is 9.80 Å². The highest BCUT2D eigenvalue weighted by Gasteiger charge is 2.39. The van der Waals surface area contributed by atoms with E-state index in [0.29, 0.717) is 31.1 Å². The molecule has 2 fully saturated rings. The molecule has 1 unspecified atom stereocenters. The van der Waals surface area contributed by atoms with Gasteiger partial charge in [0, 0.05) is 48.9 Å². The van der Waals surface area contributed by atoms with Gasteiger partial charge in [0.05, 0.1) is 10.8 Å². The van der Waals surface area contributed by atoms with Crippen molar-refractivity contribution in [3.8, 4) is 0 Å². The molecule has 2 amide bonds. The summed E-state index contributed by atoms with van der Waals surface area (Å²) in [6.45, 7) is 2.08. The van der Waals surface area contributed by atoms with Crippen LogP contribution in [0.15, 0.2) is 52.3 Å². The Morgan fingerprint density at radius 2 is 1.82 bits per heavy atom. The third-order valence-electron chi connectivity index (χ3n) is 6.98. The molecular weight excluding hydrogens is 470 g/mol. The lowest BCUT2D eigenvalue weighted by Crippen LogP contribution is -2.40. The average molecular weight is 500 g/mol. The zero-order chi connectivity index (χ0) is 23.9. The highest BCUT2D eigenvalue weighted by atomic mass is 32.2. The third-order valence-corrected chi connectivity index (χ3v) is 9.60. The van der Waals surface area contributed by atoms with Gasteiger partial charge in [0.25, 0.3) is 0 Å². The van der Waals surface area contributed by atoms with Crippen LogP contribution in [-0.4, -0.2) is 57.0 Å². The predicted octanol–water partition coefficient (Wildman–Crippen LogP) is 3.53. The normalized spacial score (nSPS) is 21.2. The summed E-state index contributed by atoms with van der Waals surface area (Å²) in [5, 5.41) is 0. The molecule has 180 valence electrons. The van der Waals surface area contributed by atoms with Crippen molar-refractivity contribution in [2.75, 3.05) is 42.2 Å². The Morgan fingerprint density at radius 3 is 2.59 bits per heavy atom.